The van der Waals surface area contributed by atoms with Crippen molar-refractivity contribution in [3.8, 4) is 22.6 Å². The molecule has 0 radical (unpaired) electrons. The lowest BCUT2D eigenvalue weighted by Gasteiger charge is -2.03. The van der Waals surface area contributed by atoms with E-state index >= 15 is 0 Å². The fraction of sp³-hybridized carbons (Fsp3) is 0.105. The van der Waals surface area contributed by atoms with Crippen molar-refractivity contribution in [3.05, 3.63) is 54.2 Å². The molecule has 0 aliphatic heterocycles. The number of imidazole rings is 1. The number of hydrogen-bond acceptors (Lipinski definition) is 4. The molecule has 0 fully saturated rings. The normalized spacial score (nSPS) is 10.9. The molecule has 4 aromatic rings. The van der Waals surface area contributed by atoms with Crippen molar-refractivity contribution in [2.45, 2.75) is 13.8 Å². The van der Waals surface area contributed by atoms with Gasteiger partial charge in [-0.15, -0.1) is 0 Å². The summed E-state index contributed by atoms with van der Waals surface area (Å²) in [5.74, 6) is -0.187. The molecule has 1 amide bonds. The number of H-pyrrole nitrogens is 2. The summed E-state index contributed by atoms with van der Waals surface area (Å²) in [5, 5.41) is 2.69. The summed E-state index contributed by atoms with van der Waals surface area (Å²) >= 11 is 0. The molecule has 0 aliphatic rings. The van der Waals surface area contributed by atoms with Gasteiger partial charge in [0.2, 0.25) is 0 Å². The molecule has 0 aliphatic carbocycles. The molecule has 7 nitrogen and oxygen atoms in total. The highest BCUT2D eigenvalue weighted by Crippen LogP contribution is 2.29. The number of carbonyl (C=O) groups excluding carboxylic acids is 1. The average Bonchev–Trinajstić information content (AvgIpc) is 3.06. The maximum Gasteiger partial charge on any atom is 0.360 e. The van der Waals surface area contributed by atoms with Crippen molar-refractivity contribution in [3.63, 3.8) is 0 Å². The van der Waals surface area contributed by atoms with Crippen molar-refractivity contribution in [1.82, 2.24) is 19.9 Å². The summed E-state index contributed by atoms with van der Waals surface area (Å²) < 4.78 is 13.6. The summed E-state index contributed by atoms with van der Waals surface area (Å²) in [6.45, 7) is 3.02. The van der Waals surface area contributed by atoms with E-state index in [1.807, 2.05) is 18.2 Å². The second-order valence-corrected chi connectivity index (χ2v) is 6.08. The minimum Gasteiger partial charge on any atom is -0.257 e. The number of benzene rings is 1. The van der Waals surface area contributed by atoms with E-state index < -0.39 is 0 Å². The third kappa shape index (κ3) is 3.24. The summed E-state index contributed by atoms with van der Waals surface area (Å²) in [6.07, 6.45) is 3.26. The summed E-state index contributed by atoms with van der Waals surface area (Å²) in [4.78, 5) is 30.6. The summed E-state index contributed by atoms with van der Waals surface area (Å²) in [7, 11) is 0. The van der Waals surface area contributed by atoms with E-state index in [1.165, 1.54) is 13.0 Å². The largest absolute Gasteiger partial charge is 0.360 e. The molecule has 0 atom stereocenters. The van der Waals surface area contributed by atoms with E-state index in [0.29, 0.717) is 28.7 Å². The molecule has 27 heavy (non-hydrogen) atoms. The van der Waals surface area contributed by atoms with Crippen molar-refractivity contribution in [2.24, 2.45) is 0 Å². The van der Waals surface area contributed by atoms with E-state index in [0.717, 1.165) is 16.6 Å². The fourth-order valence-corrected chi connectivity index (χ4v) is 2.86. The highest BCUT2D eigenvalue weighted by Gasteiger charge is 2.22. The Kier molecular flexibility index (Phi) is 4.08. The van der Waals surface area contributed by atoms with Crippen LogP contribution in [0.4, 0.5) is 10.3 Å². The number of pyridine rings is 1. The lowest BCUT2D eigenvalue weighted by molar-refractivity contribution is -0.344. The maximum atomic E-state index is 13.6. The van der Waals surface area contributed by atoms with Crippen LogP contribution in [-0.2, 0) is 4.79 Å². The first-order valence-corrected chi connectivity index (χ1v) is 8.29. The van der Waals surface area contributed by atoms with Crippen LogP contribution >= 0.6 is 0 Å². The van der Waals surface area contributed by atoms with Gasteiger partial charge < -0.3 is 0 Å². The topological polar surface area (TPSA) is 97.7 Å². The average molecular weight is 363 g/mol. The van der Waals surface area contributed by atoms with Crippen LogP contribution in [0.25, 0.3) is 33.7 Å². The number of aryl methyl sites for hydroxylation is 1. The van der Waals surface area contributed by atoms with Gasteiger partial charge in [-0.2, -0.15) is 0 Å². The molecule has 4 rings (SSSR count). The van der Waals surface area contributed by atoms with Gasteiger partial charge in [0, 0.05) is 24.9 Å². The van der Waals surface area contributed by atoms with Gasteiger partial charge in [0.05, 0.1) is 16.7 Å². The zero-order chi connectivity index (χ0) is 19.0. The molecule has 8 heteroatoms. The second-order valence-electron chi connectivity index (χ2n) is 6.08. The molecular formula is C19H16FN6O+. The Morgan fingerprint density at radius 3 is 2.67 bits per heavy atom. The number of rotatable bonds is 3. The summed E-state index contributed by atoms with van der Waals surface area (Å²) in [6, 6.07) is 8.60. The molecule has 0 spiro atoms. The van der Waals surface area contributed by atoms with E-state index in [2.05, 4.69) is 30.2 Å². The van der Waals surface area contributed by atoms with Crippen LogP contribution in [0.3, 0.4) is 0 Å². The third-order valence-corrected chi connectivity index (χ3v) is 4.09. The van der Waals surface area contributed by atoms with Gasteiger partial charge in [-0.05, 0) is 37.3 Å². The highest BCUT2D eigenvalue weighted by atomic mass is 19.1. The van der Waals surface area contributed by atoms with Gasteiger partial charge in [-0.25, -0.2) is 24.7 Å². The molecule has 0 unspecified atom stereocenters. The zero-order valence-corrected chi connectivity index (χ0v) is 14.7. The van der Waals surface area contributed by atoms with Crippen LogP contribution in [-0.4, -0.2) is 25.8 Å². The third-order valence-electron chi connectivity index (χ3n) is 4.09. The number of hydrogen-bond donors (Lipinski definition) is 2. The lowest BCUT2D eigenvalue weighted by Crippen LogP contribution is -2.15. The standard InChI is InChI=1S/C19H15FN6O/c1-10-13(20)4-6-15(23-10)18-17(25-19(26-18)24-11(2)27)12-3-5-14-16(9-12)22-8-7-21-14/h3-9H,1-2H3,(H2,24,25,26,27)/p+1. The second kappa shape index (κ2) is 6.56. The van der Waals surface area contributed by atoms with Crippen LogP contribution in [0.1, 0.15) is 12.6 Å². The number of aromatic nitrogens is 5. The molecule has 3 aromatic heterocycles. The Bertz CT molecular complexity index is 1170. The van der Waals surface area contributed by atoms with Gasteiger partial charge >= 0.3 is 5.95 Å². The Hall–Kier alpha value is -3.68. The van der Waals surface area contributed by atoms with Crippen molar-refractivity contribution < 1.29 is 14.2 Å². The molecule has 3 heterocycles. The minimum absolute atomic E-state index is 0.224. The quantitative estimate of drug-likeness (QED) is 0.585. The van der Waals surface area contributed by atoms with Gasteiger partial charge in [-0.3, -0.25) is 14.8 Å². The highest BCUT2D eigenvalue weighted by molar-refractivity contribution is 5.88. The number of aromatic amines is 2. The molecule has 134 valence electrons. The number of carbonyl (C=O) groups is 1. The van der Waals surface area contributed by atoms with Crippen LogP contribution in [0.5, 0.6) is 0 Å². The Morgan fingerprint density at radius 2 is 1.93 bits per heavy atom. The molecule has 1 aromatic carbocycles. The van der Waals surface area contributed by atoms with E-state index in [-0.39, 0.29) is 11.7 Å². The van der Waals surface area contributed by atoms with E-state index in [9.17, 15) is 9.18 Å². The predicted molar refractivity (Wildman–Crippen MR) is 98.1 cm³/mol. The number of nitrogens with zero attached hydrogens (tertiary/aromatic N) is 3. The maximum absolute atomic E-state index is 13.6. The Labute approximate surface area is 153 Å². The van der Waals surface area contributed by atoms with Crippen LogP contribution in [0, 0.1) is 12.7 Å². The van der Waals surface area contributed by atoms with Crippen LogP contribution in [0.15, 0.2) is 42.7 Å². The molecular weight excluding hydrogens is 347 g/mol. The smallest absolute Gasteiger partial charge is 0.257 e. The van der Waals surface area contributed by atoms with Crippen molar-refractivity contribution >= 4 is 22.9 Å². The minimum atomic E-state index is -0.376. The van der Waals surface area contributed by atoms with Gasteiger partial charge in [-0.1, -0.05) is 0 Å². The number of anilines is 1. The Morgan fingerprint density at radius 1 is 1.15 bits per heavy atom. The molecule has 0 saturated heterocycles. The first-order chi connectivity index (χ1) is 13.0. The fourth-order valence-electron chi connectivity index (χ4n) is 2.86. The van der Waals surface area contributed by atoms with Crippen LogP contribution in [0.2, 0.25) is 0 Å². The first-order valence-electron chi connectivity index (χ1n) is 8.29. The van der Waals surface area contributed by atoms with Gasteiger partial charge in [0.15, 0.2) is 5.69 Å². The van der Waals surface area contributed by atoms with E-state index in [4.69, 9.17) is 0 Å². The van der Waals surface area contributed by atoms with Crippen LogP contribution < -0.4 is 10.3 Å². The number of amides is 1. The number of nitrogens with one attached hydrogen (secondary N) is 3. The first kappa shape index (κ1) is 16.8. The monoisotopic (exact) mass is 363 g/mol. The predicted octanol–water partition coefficient (Wildman–Crippen LogP) is 2.91. The summed E-state index contributed by atoms with van der Waals surface area (Å²) in [5.41, 5.74) is 4.51. The Balaban J connectivity index is 1.90. The molecule has 3 N–H and O–H groups in total. The van der Waals surface area contributed by atoms with E-state index in [1.54, 1.807) is 25.4 Å². The molecule has 0 saturated carbocycles. The van der Waals surface area contributed by atoms with Crippen molar-refractivity contribution in [1.29, 1.82) is 0 Å². The van der Waals surface area contributed by atoms with Gasteiger partial charge in [0.25, 0.3) is 5.91 Å². The number of fused-ring (bicyclic) bond motifs is 1. The van der Waals surface area contributed by atoms with Crippen molar-refractivity contribution in [2.75, 3.05) is 5.32 Å². The number of halogens is 1. The zero-order valence-electron chi connectivity index (χ0n) is 14.7. The van der Waals surface area contributed by atoms with Gasteiger partial charge in [0.1, 0.15) is 17.2 Å². The SMILES string of the molecule is CC(=O)Nc1[nH]c(-c2ccc(F)c(C)n2)c(-c2ccc3nccnc3c2)[nH+]1. The lowest BCUT2D eigenvalue weighted by atomic mass is 10.1. The molecule has 0 bridgehead atoms.